The molecule has 1 aliphatic rings. The molecule has 0 radical (unpaired) electrons. The van der Waals surface area contributed by atoms with E-state index < -0.39 is 0 Å². The minimum atomic E-state index is 0.0667. The summed E-state index contributed by atoms with van der Waals surface area (Å²) >= 11 is 6.17. The van der Waals surface area contributed by atoms with Crippen molar-refractivity contribution in [3.8, 4) is 0 Å². The fourth-order valence-corrected chi connectivity index (χ4v) is 3.21. The fourth-order valence-electron chi connectivity index (χ4n) is 3.03. The second-order valence-electron chi connectivity index (χ2n) is 5.40. The molecule has 0 bridgehead atoms. The number of rotatable bonds is 3. The van der Waals surface area contributed by atoms with Gasteiger partial charge >= 0.3 is 0 Å². The Kier molecular flexibility index (Phi) is 3.34. The standard InChI is InChI=1S/C17H18ClN/c1-11-14(7-4-8-16(11)18)17(19)10-13-9-12-5-2-3-6-15(12)13/h2-8,13,17H,9-10,19H2,1H3. The molecule has 98 valence electrons. The number of fused-ring (bicyclic) bond motifs is 1. The van der Waals surface area contributed by atoms with Crippen LogP contribution in [0.1, 0.15) is 40.6 Å². The first-order chi connectivity index (χ1) is 9.16. The lowest BCUT2D eigenvalue weighted by Gasteiger charge is -2.32. The quantitative estimate of drug-likeness (QED) is 0.881. The molecule has 19 heavy (non-hydrogen) atoms. The predicted molar refractivity (Wildman–Crippen MR) is 80.6 cm³/mol. The van der Waals surface area contributed by atoms with Gasteiger partial charge in [-0.2, -0.15) is 0 Å². The molecule has 0 aromatic heterocycles. The van der Waals surface area contributed by atoms with Crippen LogP contribution in [0.25, 0.3) is 0 Å². The van der Waals surface area contributed by atoms with Gasteiger partial charge in [0.05, 0.1) is 0 Å². The minimum absolute atomic E-state index is 0.0667. The van der Waals surface area contributed by atoms with Crippen LogP contribution in [0.3, 0.4) is 0 Å². The molecule has 2 unspecified atom stereocenters. The largest absolute Gasteiger partial charge is 0.324 e. The SMILES string of the molecule is Cc1c(Cl)cccc1C(N)CC1Cc2ccccc21. The Morgan fingerprint density at radius 3 is 2.79 bits per heavy atom. The van der Waals surface area contributed by atoms with Crippen LogP contribution in [0.4, 0.5) is 0 Å². The molecule has 0 fully saturated rings. The summed E-state index contributed by atoms with van der Waals surface area (Å²) in [6.07, 6.45) is 2.15. The summed E-state index contributed by atoms with van der Waals surface area (Å²) in [5, 5.41) is 0.807. The number of nitrogens with two attached hydrogens (primary N) is 1. The van der Waals surface area contributed by atoms with E-state index in [0.29, 0.717) is 5.92 Å². The summed E-state index contributed by atoms with van der Waals surface area (Å²) in [5.74, 6) is 0.601. The highest BCUT2D eigenvalue weighted by molar-refractivity contribution is 6.31. The molecule has 0 saturated heterocycles. The molecule has 2 N–H and O–H groups in total. The molecule has 1 nitrogen and oxygen atoms in total. The van der Waals surface area contributed by atoms with Crippen molar-refractivity contribution in [2.24, 2.45) is 5.73 Å². The van der Waals surface area contributed by atoms with Crippen LogP contribution < -0.4 is 5.73 Å². The van der Waals surface area contributed by atoms with E-state index in [0.717, 1.165) is 23.4 Å². The first-order valence-corrected chi connectivity index (χ1v) is 7.13. The molecule has 2 aromatic carbocycles. The van der Waals surface area contributed by atoms with Crippen molar-refractivity contribution >= 4 is 11.6 Å². The van der Waals surface area contributed by atoms with Gasteiger partial charge in [-0.3, -0.25) is 0 Å². The van der Waals surface area contributed by atoms with Gasteiger partial charge in [0.15, 0.2) is 0 Å². The predicted octanol–water partition coefficient (Wildman–Crippen LogP) is 4.38. The molecule has 1 aliphatic carbocycles. The maximum absolute atomic E-state index is 6.37. The third-order valence-corrected chi connectivity index (χ3v) is 4.62. The van der Waals surface area contributed by atoms with E-state index in [1.807, 2.05) is 19.1 Å². The Labute approximate surface area is 119 Å². The Morgan fingerprint density at radius 1 is 1.21 bits per heavy atom. The average molecular weight is 272 g/mol. The van der Waals surface area contributed by atoms with E-state index in [9.17, 15) is 0 Å². The van der Waals surface area contributed by atoms with Crippen LogP contribution in [-0.4, -0.2) is 0 Å². The topological polar surface area (TPSA) is 26.0 Å². The number of benzene rings is 2. The number of hydrogen-bond acceptors (Lipinski definition) is 1. The smallest absolute Gasteiger partial charge is 0.0438 e. The van der Waals surface area contributed by atoms with Crippen LogP contribution in [0, 0.1) is 6.92 Å². The summed E-state index contributed by atoms with van der Waals surface area (Å²) in [7, 11) is 0. The molecule has 0 spiro atoms. The van der Waals surface area contributed by atoms with Gasteiger partial charge in [0.2, 0.25) is 0 Å². The number of hydrogen-bond donors (Lipinski definition) is 1. The van der Waals surface area contributed by atoms with Gasteiger partial charge in [-0.15, -0.1) is 0 Å². The van der Waals surface area contributed by atoms with E-state index >= 15 is 0 Å². The first kappa shape index (κ1) is 12.7. The molecule has 2 atom stereocenters. The molecular weight excluding hydrogens is 254 g/mol. The molecule has 0 heterocycles. The highest BCUT2D eigenvalue weighted by Gasteiger charge is 2.27. The maximum Gasteiger partial charge on any atom is 0.0438 e. The fraction of sp³-hybridized carbons (Fsp3) is 0.294. The lowest BCUT2D eigenvalue weighted by molar-refractivity contribution is 0.497. The van der Waals surface area contributed by atoms with E-state index in [1.165, 1.54) is 16.7 Å². The van der Waals surface area contributed by atoms with Crippen molar-refractivity contribution in [2.45, 2.75) is 31.7 Å². The van der Waals surface area contributed by atoms with E-state index in [2.05, 4.69) is 30.3 Å². The van der Waals surface area contributed by atoms with Crippen LogP contribution in [0.2, 0.25) is 5.02 Å². The molecule has 2 aromatic rings. The van der Waals surface area contributed by atoms with Crippen LogP contribution >= 0.6 is 11.6 Å². The van der Waals surface area contributed by atoms with Gasteiger partial charge in [0.1, 0.15) is 0 Å². The van der Waals surface area contributed by atoms with Crippen molar-refractivity contribution in [3.05, 3.63) is 69.7 Å². The van der Waals surface area contributed by atoms with E-state index in [1.54, 1.807) is 0 Å². The Balaban J connectivity index is 1.77. The molecule has 2 heteroatoms. The van der Waals surface area contributed by atoms with Crippen LogP contribution in [0.5, 0.6) is 0 Å². The third-order valence-electron chi connectivity index (χ3n) is 4.21. The van der Waals surface area contributed by atoms with Crippen molar-refractivity contribution in [3.63, 3.8) is 0 Å². The first-order valence-electron chi connectivity index (χ1n) is 6.75. The normalized spacial score (nSPS) is 18.6. The summed E-state index contributed by atoms with van der Waals surface area (Å²) in [5.41, 5.74) is 11.6. The summed E-state index contributed by atoms with van der Waals surface area (Å²) in [4.78, 5) is 0. The molecule has 0 saturated carbocycles. The monoisotopic (exact) mass is 271 g/mol. The molecular formula is C17H18ClN. The highest BCUT2D eigenvalue weighted by atomic mass is 35.5. The molecule has 3 rings (SSSR count). The summed E-state index contributed by atoms with van der Waals surface area (Å²) < 4.78 is 0. The molecule has 0 amide bonds. The van der Waals surface area contributed by atoms with Gasteiger partial charge in [0, 0.05) is 11.1 Å². The van der Waals surface area contributed by atoms with Gasteiger partial charge in [-0.25, -0.2) is 0 Å². The Morgan fingerprint density at radius 2 is 2.00 bits per heavy atom. The van der Waals surface area contributed by atoms with Gasteiger partial charge in [0.25, 0.3) is 0 Å². The van der Waals surface area contributed by atoms with E-state index in [4.69, 9.17) is 17.3 Å². The van der Waals surface area contributed by atoms with Crippen molar-refractivity contribution in [2.75, 3.05) is 0 Å². The second-order valence-corrected chi connectivity index (χ2v) is 5.80. The van der Waals surface area contributed by atoms with Gasteiger partial charge < -0.3 is 5.73 Å². The van der Waals surface area contributed by atoms with Crippen LogP contribution in [-0.2, 0) is 6.42 Å². The zero-order chi connectivity index (χ0) is 13.4. The van der Waals surface area contributed by atoms with Crippen LogP contribution in [0.15, 0.2) is 42.5 Å². The zero-order valence-electron chi connectivity index (χ0n) is 11.1. The van der Waals surface area contributed by atoms with Crippen molar-refractivity contribution in [1.29, 1.82) is 0 Å². The number of halogens is 1. The van der Waals surface area contributed by atoms with Crippen molar-refractivity contribution in [1.82, 2.24) is 0 Å². The Bertz CT molecular complexity index is 606. The lowest BCUT2D eigenvalue weighted by Crippen LogP contribution is -2.23. The van der Waals surface area contributed by atoms with Gasteiger partial charge in [-0.1, -0.05) is 48.0 Å². The minimum Gasteiger partial charge on any atom is -0.324 e. The van der Waals surface area contributed by atoms with Crippen molar-refractivity contribution < 1.29 is 0 Å². The molecule has 0 aliphatic heterocycles. The highest BCUT2D eigenvalue weighted by Crippen LogP contribution is 2.40. The Hall–Kier alpha value is -1.31. The second kappa shape index (κ2) is 4.99. The zero-order valence-corrected chi connectivity index (χ0v) is 11.8. The maximum atomic E-state index is 6.37. The lowest BCUT2D eigenvalue weighted by atomic mass is 9.73. The average Bonchev–Trinajstić information content (AvgIpc) is 2.39. The van der Waals surface area contributed by atoms with E-state index in [-0.39, 0.29) is 6.04 Å². The summed E-state index contributed by atoms with van der Waals surface area (Å²) in [6.45, 7) is 2.05. The summed E-state index contributed by atoms with van der Waals surface area (Å²) in [6, 6.07) is 14.7. The third kappa shape index (κ3) is 2.29. The van der Waals surface area contributed by atoms with Gasteiger partial charge in [-0.05, 0) is 54.0 Å².